The number of hydrogen-bond donors (Lipinski definition) is 3. The van der Waals surface area contributed by atoms with E-state index in [4.69, 9.17) is 10.8 Å². The van der Waals surface area contributed by atoms with Gasteiger partial charge in [-0.25, -0.2) is 14.8 Å². The van der Waals surface area contributed by atoms with Crippen LogP contribution in [0, 0.1) is 6.92 Å². The maximum absolute atomic E-state index is 11.0. The largest absolute Gasteiger partial charge is 0.478 e. The summed E-state index contributed by atoms with van der Waals surface area (Å²) in [5.41, 5.74) is 5.77. The van der Waals surface area contributed by atoms with Crippen LogP contribution in [0.15, 0.2) is 12.3 Å². The van der Waals surface area contributed by atoms with Gasteiger partial charge < -0.3 is 16.2 Å². The molecule has 2 rings (SSSR count). The molecule has 0 aliphatic heterocycles. The highest BCUT2D eigenvalue weighted by Gasteiger charge is 2.13. The van der Waals surface area contributed by atoms with Crippen LogP contribution in [0.2, 0.25) is 0 Å². The summed E-state index contributed by atoms with van der Waals surface area (Å²) >= 11 is 1.13. The zero-order valence-corrected chi connectivity index (χ0v) is 9.65. The van der Waals surface area contributed by atoms with E-state index < -0.39 is 5.97 Å². The van der Waals surface area contributed by atoms with Crippen molar-refractivity contribution < 1.29 is 9.90 Å². The lowest BCUT2D eigenvalue weighted by molar-refractivity contribution is 0.0697. The quantitative estimate of drug-likeness (QED) is 0.752. The number of carboxylic acids is 1. The summed E-state index contributed by atoms with van der Waals surface area (Å²) in [6, 6.07) is 1.34. The fourth-order valence-corrected chi connectivity index (χ4v) is 1.77. The van der Waals surface area contributed by atoms with Crippen LogP contribution >= 0.6 is 11.5 Å². The van der Waals surface area contributed by atoms with Gasteiger partial charge in [0, 0.05) is 11.5 Å². The normalized spacial score (nSPS) is 10.2. The van der Waals surface area contributed by atoms with Gasteiger partial charge in [-0.3, -0.25) is 0 Å². The summed E-state index contributed by atoms with van der Waals surface area (Å²) in [6.45, 7) is 1.75. The van der Waals surface area contributed by atoms with Crippen molar-refractivity contribution in [2.45, 2.75) is 6.92 Å². The zero-order valence-electron chi connectivity index (χ0n) is 8.84. The topological polar surface area (TPSA) is 114 Å². The van der Waals surface area contributed by atoms with Crippen LogP contribution in [0.1, 0.15) is 16.2 Å². The van der Waals surface area contributed by atoms with Gasteiger partial charge >= 0.3 is 5.97 Å². The standard InChI is InChI=1S/C9H9N5O2S/c1-4-12-9(17-14-4)13-7-6(8(15)16)2-5(10)3-11-7/h2-3H,10H2,1H3,(H,15,16)(H,11,12,13,14). The number of carboxylic acid groups (broad SMARTS) is 1. The number of pyridine rings is 1. The van der Waals surface area contributed by atoms with Gasteiger partial charge in [-0.05, 0) is 13.0 Å². The van der Waals surface area contributed by atoms with E-state index in [1.54, 1.807) is 6.92 Å². The van der Waals surface area contributed by atoms with E-state index in [-0.39, 0.29) is 11.4 Å². The second-order valence-corrected chi connectivity index (χ2v) is 3.99. The maximum Gasteiger partial charge on any atom is 0.339 e. The average Bonchev–Trinajstić information content (AvgIpc) is 2.66. The number of nitrogens with one attached hydrogen (secondary N) is 1. The highest BCUT2D eigenvalue weighted by atomic mass is 32.1. The van der Waals surface area contributed by atoms with Crippen molar-refractivity contribution in [3.8, 4) is 0 Å². The number of aromatic nitrogens is 3. The van der Waals surface area contributed by atoms with Gasteiger partial charge in [0.2, 0.25) is 5.13 Å². The van der Waals surface area contributed by atoms with Gasteiger partial charge in [0.05, 0.1) is 11.9 Å². The van der Waals surface area contributed by atoms with E-state index >= 15 is 0 Å². The number of rotatable bonds is 3. The minimum atomic E-state index is -1.10. The molecule has 0 atom stereocenters. The zero-order chi connectivity index (χ0) is 12.4. The van der Waals surface area contributed by atoms with Gasteiger partial charge in [-0.1, -0.05) is 0 Å². The fourth-order valence-electron chi connectivity index (χ4n) is 1.19. The molecule has 0 spiro atoms. The molecule has 4 N–H and O–H groups in total. The molecular weight excluding hydrogens is 242 g/mol. The number of aromatic carboxylic acids is 1. The molecule has 0 radical (unpaired) electrons. The van der Waals surface area contributed by atoms with Crippen LogP contribution in [-0.4, -0.2) is 25.4 Å². The van der Waals surface area contributed by atoms with Crippen LogP contribution < -0.4 is 11.1 Å². The van der Waals surface area contributed by atoms with Gasteiger partial charge in [0.25, 0.3) is 0 Å². The number of nitrogens with two attached hydrogens (primary N) is 1. The van der Waals surface area contributed by atoms with E-state index in [1.807, 2.05) is 0 Å². The van der Waals surface area contributed by atoms with Gasteiger partial charge in [-0.2, -0.15) is 4.37 Å². The molecule has 0 unspecified atom stereocenters. The van der Waals surface area contributed by atoms with Crippen molar-refractivity contribution in [3.05, 3.63) is 23.7 Å². The third-order valence-corrected chi connectivity index (χ3v) is 2.61. The Balaban J connectivity index is 2.35. The van der Waals surface area contributed by atoms with Crippen molar-refractivity contribution in [2.75, 3.05) is 11.1 Å². The van der Waals surface area contributed by atoms with Crippen molar-refractivity contribution in [2.24, 2.45) is 0 Å². The predicted molar refractivity (Wildman–Crippen MR) is 63.5 cm³/mol. The van der Waals surface area contributed by atoms with Crippen LogP contribution in [0.4, 0.5) is 16.6 Å². The average molecular weight is 251 g/mol. The Morgan fingerprint density at radius 1 is 1.59 bits per heavy atom. The molecule has 0 aliphatic rings. The lowest BCUT2D eigenvalue weighted by Gasteiger charge is -2.05. The summed E-state index contributed by atoms with van der Waals surface area (Å²) in [5, 5.41) is 12.3. The molecule has 2 heterocycles. The van der Waals surface area contributed by atoms with Crippen LogP contribution in [0.3, 0.4) is 0 Å². The maximum atomic E-state index is 11.0. The van der Waals surface area contributed by atoms with Crippen molar-refractivity contribution in [3.63, 3.8) is 0 Å². The van der Waals surface area contributed by atoms with E-state index in [2.05, 4.69) is 19.7 Å². The molecule has 2 aromatic heterocycles. The van der Waals surface area contributed by atoms with Gasteiger partial charge in [-0.15, -0.1) is 0 Å². The lowest BCUT2D eigenvalue weighted by Crippen LogP contribution is -2.06. The molecule has 88 valence electrons. The van der Waals surface area contributed by atoms with Crippen molar-refractivity contribution in [1.82, 2.24) is 14.3 Å². The van der Waals surface area contributed by atoms with Gasteiger partial charge in [0.15, 0.2) is 0 Å². The van der Waals surface area contributed by atoms with Crippen molar-refractivity contribution in [1.29, 1.82) is 0 Å². The highest BCUT2D eigenvalue weighted by Crippen LogP contribution is 2.21. The summed E-state index contributed by atoms with van der Waals surface area (Å²) in [4.78, 5) is 19.0. The van der Waals surface area contributed by atoms with E-state index in [0.29, 0.717) is 16.6 Å². The first-order valence-corrected chi connectivity index (χ1v) is 5.40. The fraction of sp³-hybridized carbons (Fsp3) is 0.111. The Kier molecular flexibility index (Phi) is 2.88. The van der Waals surface area contributed by atoms with Gasteiger partial charge in [0.1, 0.15) is 17.2 Å². The van der Waals surface area contributed by atoms with Crippen molar-refractivity contribution >= 4 is 34.1 Å². The molecule has 2 aromatic rings. The minimum absolute atomic E-state index is 0.00199. The van der Waals surface area contributed by atoms with E-state index in [9.17, 15) is 4.79 Å². The second kappa shape index (κ2) is 4.34. The monoisotopic (exact) mass is 251 g/mol. The first-order chi connectivity index (χ1) is 8.06. The Hall–Kier alpha value is -2.22. The molecule has 0 saturated heterocycles. The smallest absolute Gasteiger partial charge is 0.339 e. The van der Waals surface area contributed by atoms with Crippen LogP contribution in [0.25, 0.3) is 0 Å². The Morgan fingerprint density at radius 2 is 2.35 bits per heavy atom. The van der Waals surface area contributed by atoms with E-state index in [1.165, 1.54) is 12.3 Å². The molecule has 0 fully saturated rings. The predicted octanol–water partition coefficient (Wildman–Crippen LogP) is 1.27. The Morgan fingerprint density at radius 3 is 2.94 bits per heavy atom. The number of carbonyl (C=O) groups is 1. The molecule has 7 nitrogen and oxygen atoms in total. The highest BCUT2D eigenvalue weighted by molar-refractivity contribution is 7.09. The molecule has 0 aromatic carbocycles. The molecule has 17 heavy (non-hydrogen) atoms. The molecule has 0 bridgehead atoms. The summed E-state index contributed by atoms with van der Waals surface area (Å²) in [6.07, 6.45) is 1.38. The molecule has 0 saturated carbocycles. The molecule has 8 heteroatoms. The third-order valence-electron chi connectivity index (χ3n) is 1.89. The SMILES string of the molecule is Cc1nsc(Nc2ncc(N)cc2C(=O)O)n1. The number of anilines is 3. The Labute approximate surface area is 101 Å². The number of nitrogen functional groups attached to an aromatic ring is 1. The summed E-state index contributed by atoms with van der Waals surface area (Å²) in [7, 11) is 0. The van der Waals surface area contributed by atoms with Crippen LogP contribution in [-0.2, 0) is 0 Å². The van der Waals surface area contributed by atoms with E-state index in [0.717, 1.165) is 11.5 Å². The summed E-state index contributed by atoms with van der Waals surface area (Å²) < 4.78 is 3.97. The number of aryl methyl sites for hydroxylation is 1. The minimum Gasteiger partial charge on any atom is -0.478 e. The second-order valence-electron chi connectivity index (χ2n) is 3.24. The third kappa shape index (κ3) is 2.48. The summed E-state index contributed by atoms with van der Waals surface area (Å²) in [5.74, 6) is -0.291. The number of nitrogens with zero attached hydrogens (tertiary/aromatic N) is 3. The first-order valence-electron chi connectivity index (χ1n) is 4.62. The molecule has 0 amide bonds. The molecular formula is C9H9N5O2S. The lowest BCUT2D eigenvalue weighted by atomic mass is 10.2. The Bertz CT molecular complexity index is 568. The van der Waals surface area contributed by atoms with Crippen LogP contribution in [0.5, 0.6) is 0 Å². The molecule has 0 aliphatic carbocycles. The number of hydrogen-bond acceptors (Lipinski definition) is 7. The first kappa shape index (κ1) is 11.3.